The first-order valence-corrected chi connectivity index (χ1v) is 7.28. The summed E-state index contributed by atoms with van der Waals surface area (Å²) < 4.78 is 5.33. The van der Waals surface area contributed by atoms with E-state index in [1.165, 1.54) is 4.90 Å². The molecule has 1 aromatic rings. The second-order valence-electron chi connectivity index (χ2n) is 4.34. The molecule has 18 heavy (non-hydrogen) atoms. The highest BCUT2D eigenvalue weighted by molar-refractivity contribution is 7.99. The average molecular weight is 268 g/mol. The molecule has 0 saturated carbocycles. The molecule has 0 atom stereocenters. The predicted molar refractivity (Wildman–Crippen MR) is 72.9 cm³/mol. The van der Waals surface area contributed by atoms with E-state index in [0.29, 0.717) is 0 Å². The molecule has 4 nitrogen and oxygen atoms in total. The summed E-state index contributed by atoms with van der Waals surface area (Å²) in [6.45, 7) is 6.92. The fourth-order valence-electron chi connectivity index (χ4n) is 1.98. The maximum absolute atomic E-state index is 9.18. The van der Waals surface area contributed by atoms with Crippen molar-refractivity contribution in [3.05, 3.63) is 23.5 Å². The van der Waals surface area contributed by atoms with Crippen molar-refractivity contribution in [3.63, 3.8) is 0 Å². The highest BCUT2D eigenvalue weighted by Crippen LogP contribution is 2.23. The summed E-state index contributed by atoms with van der Waals surface area (Å²) in [6, 6.07) is 2.03. The van der Waals surface area contributed by atoms with Gasteiger partial charge in [-0.25, -0.2) is 0 Å². The number of nitrogens with zero attached hydrogens (tertiary/aromatic N) is 2. The zero-order chi connectivity index (χ0) is 12.8. The van der Waals surface area contributed by atoms with E-state index in [2.05, 4.69) is 9.88 Å². The Kier molecular flexibility index (Phi) is 5.44. The van der Waals surface area contributed by atoms with Crippen molar-refractivity contribution in [2.24, 2.45) is 0 Å². The Hall–Kier alpha value is -0.620. The topological polar surface area (TPSA) is 45.6 Å². The van der Waals surface area contributed by atoms with Gasteiger partial charge < -0.3 is 9.84 Å². The van der Waals surface area contributed by atoms with Gasteiger partial charge >= 0.3 is 0 Å². The molecule has 1 fully saturated rings. The minimum absolute atomic E-state index is 0.0176. The third-order valence-electron chi connectivity index (χ3n) is 3.18. The average Bonchev–Trinajstić information content (AvgIpc) is 2.42. The van der Waals surface area contributed by atoms with Crippen LogP contribution in [0.25, 0.3) is 0 Å². The van der Waals surface area contributed by atoms with E-state index in [0.717, 1.165) is 49.9 Å². The molecule has 1 aliphatic rings. The fraction of sp³-hybridized carbons (Fsp3) is 0.615. The quantitative estimate of drug-likeness (QED) is 0.816. The number of rotatable bonds is 5. The SMILES string of the molecule is Cc1c(SCCN2CCOCC2)ccnc1CO. The normalized spacial score (nSPS) is 17.0. The molecule has 100 valence electrons. The lowest BCUT2D eigenvalue weighted by Crippen LogP contribution is -2.37. The Balaban J connectivity index is 1.82. The molecule has 1 aromatic heterocycles. The van der Waals surface area contributed by atoms with Crippen LogP contribution in [-0.2, 0) is 11.3 Å². The molecule has 1 aliphatic heterocycles. The first kappa shape index (κ1) is 13.8. The third-order valence-corrected chi connectivity index (χ3v) is 4.32. The zero-order valence-corrected chi connectivity index (χ0v) is 11.6. The third kappa shape index (κ3) is 3.68. The van der Waals surface area contributed by atoms with Gasteiger partial charge in [-0.15, -0.1) is 11.8 Å². The van der Waals surface area contributed by atoms with E-state index in [-0.39, 0.29) is 6.61 Å². The standard InChI is InChI=1S/C13H20N2O2S/c1-11-12(10-16)14-3-2-13(11)18-9-6-15-4-7-17-8-5-15/h2-3,16H,4-10H2,1H3. The minimum Gasteiger partial charge on any atom is -0.390 e. The van der Waals surface area contributed by atoms with Crippen molar-refractivity contribution >= 4 is 11.8 Å². The van der Waals surface area contributed by atoms with Crippen LogP contribution in [0.1, 0.15) is 11.3 Å². The van der Waals surface area contributed by atoms with Crippen molar-refractivity contribution < 1.29 is 9.84 Å². The van der Waals surface area contributed by atoms with Crippen LogP contribution in [0.2, 0.25) is 0 Å². The maximum atomic E-state index is 9.18. The number of pyridine rings is 1. The van der Waals surface area contributed by atoms with Crippen LogP contribution in [0.15, 0.2) is 17.2 Å². The number of thioether (sulfide) groups is 1. The number of aliphatic hydroxyl groups excluding tert-OH is 1. The molecule has 1 saturated heterocycles. The highest BCUT2D eigenvalue weighted by Gasteiger charge is 2.10. The molecule has 2 heterocycles. The largest absolute Gasteiger partial charge is 0.390 e. The molecule has 0 radical (unpaired) electrons. The molecule has 1 N–H and O–H groups in total. The Morgan fingerprint density at radius 1 is 1.44 bits per heavy atom. The molecule has 0 unspecified atom stereocenters. The van der Waals surface area contributed by atoms with E-state index in [1.807, 2.05) is 24.8 Å². The predicted octanol–water partition coefficient (Wildman–Crippen LogP) is 1.31. The van der Waals surface area contributed by atoms with Crippen LogP contribution in [-0.4, -0.2) is 53.6 Å². The number of aromatic nitrogens is 1. The van der Waals surface area contributed by atoms with Crippen LogP contribution >= 0.6 is 11.8 Å². The van der Waals surface area contributed by atoms with Gasteiger partial charge in [0.15, 0.2) is 0 Å². The van der Waals surface area contributed by atoms with Crippen LogP contribution < -0.4 is 0 Å². The van der Waals surface area contributed by atoms with Crippen LogP contribution in [0.4, 0.5) is 0 Å². The Morgan fingerprint density at radius 2 is 2.22 bits per heavy atom. The van der Waals surface area contributed by atoms with Gasteiger partial charge in [0.05, 0.1) is 25.5 Å². The lowest BCUT2D eigenvalue weighted by Gasteiger charge is -2.26. The molecule has 5 heteroatoms. The molecule has 0 spiro atoms. The number of aliphatic hydroxyl groups is 1. The minimum atomic E-state index is 0.0176. The van der Waals surface area contributed by atoms with Gasteiger partial charge in [-0.2, -0.15) is 0 Å². The molecule has 0 amide bonds. The van der Waals surface area contributed by atoms with Gasteiger partial charge in [0.1, 0.15) is 0 Å². The molecular weight excluding hydrogens is 248 g/mol. The highest BCUT2D eigenvalue weighted by atomic mass is 32.2. The van der Waals surface area contributed by atoms with Crippen LogP contribution in [0.5, 0.6) is 0 Å². The molecule has 0 aliphatic carbocycles. The molecule has 0 bridgehead atoms. The lowest BCUT2D eigenvalue weighted by atomic mass is 10.2. The van der Waals surface area contributed by atoms with Gasteiger partial charge in [0.25, 0.3) is 0 Å². The maximum Gasteiger partial charge on any atom is 0.0856 e. The van der Waals surface area contributed by atoms with Crippen LogP contribution in [0.3, 0.4) is 0 Å². The van der Waals surface area contributed by atoms with Gasteiger partial charge in [0, 0.05) is 36.5 Å². The first-order chi connectivity index (χ1) is 8.81. The summed E-state index contributed by atoms with van der Waals surface area (Å²) in [6.07, 6.45) is 1.77. The van der Waals surface area contributed by atoms with Crippen molar-refractivity contribution in [1.82, 2.24) is 9.88 Å². The number of morpholine rings is 1. The lowest BCUT2D eigenvalue weighted by molar-refractivity contribution is 0.0410. The Morgan fingerprint density at radius 3 is 2.94 bits per heavy atom. The van der Waals surface area contributed by atoms with Gasteiger partial charge in [-0.05, 0) is 18.6 Å². The van der Waals surface area contributed by atoms with E-state index in [9.17, 15) is 5.11 Å². The van der Waals surface area contributed by atoms with Gasteiger partial charge in [0.2, 0.25) is 0 Å². The van der Waals surface area contributed by atoms with E-state index < -0.39 is 0 Å². The van der Waals surface area contributed by atoms with Crippen molar-refractivity contribution in [2.75, 3.05) is 38.6 Å². The number of hydrogen-bond donors (Lipinski definition) is 1. The molecule has 2 rings (SSSR count). The second kappa shape index (κ2) is 7.09. The summed E-state index contributed by atoms with van der Waals surface area (Å²) >= 11 is 1.84. The van der Waals surface area contributed by atoms with Gasteiger partial charge in [-0.3, -0.25) is 9.88 Å². The Labute approximate surface area is 112 Å². The molecule has 0 aromatic carbocycles. The number of ether oxygens (including phenoxy) is 1. The van der Waals surface area contributed by atoms with E-state index in [4.69, 9.17) is 4.74 Å². The van der Waals surface area contributed by atoms with Crippen molar-refractivity contribution in [2.45, 2.75) is 18.4 Å². The number of hydrogen-bond acceptors (Lipinski definition) is 5. The van der Waals surface area contributed by atoms with Crippen LogP contribution in [0, 0.1) is 6.92 Å². The van der Waals surface area contributed by atoms with Crippen molar-refractivity contribution in [1.29, 1.82) is 0 Å². The smallest absolute Gasteiger partial charge is 0.0856 e. The summed E-state index contributed by atoms with van der Waals surface area (Å²) in [5, 5.41) is 9.18. The van der Waals surface area contributed by atoms with E-state index in [1.54, 1.807) is 6.20 Å². The summed E-state index contributed by atoms with van der Waals surface area (Å²) in [7, 11) is 0. The zero-order valence-electron chi connectivity index (χ0n) is 10.8. The summed E-state index contributed by atoms with van der Waals surface area (Å²) in [4.78, 5) is 7.82. The van der Waals surface area contributed by atoms with Gasteiger partial charge in [-0.1, -0.05) is 0 Å². The summed E-state index contributed by atoms with van der Waals surface area (Å²) in [5.41, 5.74) is 1.89. The fourth-order valence-corrected chi connectivity index (χ4v) is 3.05. The first-order valence-electron chi connectivity index (χ1n) is 6.29. The monoisotopic (exact) mass is 268 g/mol. The second-order valence-corrected chi connectivity index (χ2v) is 5.48. The van der Waals surface area contributed by atoms with Crippen molar-refractivity contribution in [3.8, 4) is 0 Å². The van der Waals surface area contributed by atoms with E-state index >= 15 is 0 Å². The Bertz CT molecular complexity index is 381. The summed E-state index contributed by atoms with van der Waals surface area (Å²) in [5.74, 6) is 1.07. The molecular formula is C13H20N2O2S.